The van der Waals surface area contributed by atoms with E-state index in [9.17, 15) is 0 Å². The highest BCUT2D eigenvalue weighted by Gasteiger charge is 2.19. The van der Waals surface area contributed by atoms with Crippen LogP contribution in [0.4, 0.5) is 0 Å². The van der Waals surface area contributed by atoms with Gasteiger partial charge in [-0.05, 0) is 34.2 Å². The van der Waals surface area contributed by atoms with Gasteiger partial charge in [-0.25, -0.2) is 0 Å². The van der Waals surface area contributed by atoms with Crippen molar-refractivity contribution >= 4 is 55.9 Å². The third-order valence-electron chi connectivity index (χ3n) is 2.70. The fourth-order valence-electron chi connectivity index (χ4n) is 1.82. The molecule has 84 valence electrons. The number of halogens is 2. The summed E-state index contributed by atoms with van der Waals surface area (Å²) in [6.45, 7) is 7.12. The molecule has 0 saturated heterocycles. The van der Waals surface area contributed by atoms with Crippen LogP contribution >= 0.6 is 31.9 Å². The molecule has 0 atom stereocenters. The predicted octanol–water partition coefficient (Wildman–Crippen LogP) is 4.91. The van der Waals surface area contributed by atoms with Gasteiger partial charge in [0.05, 0.1) is 8.07 Å². The van der Waals surface area contributed by atoms with Crippen molar-refractivity contribution in [1.82, 2.24) is 0 Å². The van der Waals surface area contributed by atoms with Gasteiger partial charge in [0.1, 0.15) is 0 Å². The molecule has 2 aromatic rings. The summed E-state index contributed by atoms with van der Waals surface area (Å²) in [5, 5.41) is 4.09. The van der Waals surface area contributed by atoms with E-state index in [1.165, 1.54) is 20.4 Å². The number of hydrogen-bond donors (Lipinski definition) is 0. The third-order valence-corrected chi connectivity index (χ3v) is 6.24. The van der Waals surface area contributed by atoms with Gasteiger partial charge in [0, 0.05) is 8.95 Å². The van der Waals surface area contributed by atoms with Gasteiger partial charge in [-0.3, -0.25) is 0 Å². The average Bonchev–Trinajstić information content (AvgIpc) is 2.16. The minimum absolute atomic E-state index is 1.14. The summed E-state index contributed by atoms with van der Waals surface area (Å²) in [6, 6.07) is 11.0. The van der Waals surface area contributed by atoms with Crippen LogP contribution in [0.15, 0.2) is 39.3 Å². The normalized spacial score (nSPS) is 12.1. The van der Waals surface area contributed by atoms with E-state index in [-0.39, 0.29) is 0 Å². The van der Waals surface area contributed by atoms with Crippen molar-refractivity contribution in [3.63, 3.8) is 0 Å². The van der Waals surface area contributed by atoms with Gasteiger partial charge in [0.15, 0.2) is 0 Å². The first-order valence-corrected chi connectivity index (χ1v) is 10.4. The topological polar surface area (TPSA) is 0 Å². The van der Waals surface area contributed by atoms with E-state index in [0.717, 1.165) is 4.47 Å². The highest BCUT2D eigenvalue weighted by Crippen LogP contribution is 2.24. The molecule has 0 aliphatic carbocycles. The van der Waals surface area contributed by atoms with Crippen LogP contribution in [0.3, 0.4) is 0 Å². The molecular formula is C13H14Br2Si. The molecule has 2 aromatic carbocycles. The van der Waals surface area contributed by atoms with Crippen LogP contribution in [0.25, 0.3) is 10.8 Å². The van der Waals surface area contributed by atoms with Crippen LogP contribution in [-0.2, 0) is 0 Å². The minimum atomic E-state index is -1.27. The molecule has 0 aliphatic rings. The lowest BCUT2D eigenvalue weighted by atomic mass is 10.1. The second kappa shape index (κ2) is 4.28. The summed E-state index contributed by atoms with van der Waals surface area (Å²) in [4.78, 5) is 0. The van der Waals surface area contributed by atoms with E-state index < -0.39 is 8.07 Å². The summed E-state index contributed by atoms with van der Waals surface area (Å²) in [6.07, 6.45) is 0. The van der Waals surface area contributed by atoms with Crippen LogP contribution < -0.4 is 5.19 Å². The Hall–Kier alpha value is -0.123. The van der Waals surface area contributed by atoms with Crippen molar-refractivity contribution in [3.8, 4) is 0 Å². The quantitative estimate of drug-likeness (QED) is 0.636. The summed E-state index contributed by atoms with van der Waals surface area (Å²) >= 11 is 7.22. The first kappa shape index (κ1) is 12.3. The molecule has 0 spiro atoms. The molecule has 0 aliphatic heterocycles. The lowest BCUT2D eigenvalue weighted by molar-refractivity contribution is 1.66. The maximum absolute atomic E-state index is 3.69. The molecule has 0 aromatic heterocycles. The Bertz CT molecular complexity index is 541. The van der Waals surface area contributed by atoms with Gasteiger partial charge in [-0.2, -0.15) is 0 Å². The smallest absolute Gasteiger partial charge is 0.0656 e. The fourth-order valence-corrected chi connectivity index (χ4v) is 5.72. The van der Waals surface area contributed by atoms with Gasteiger partial charge in [0.25, 0.3) is 0 Å². The van der Waals surface area contributed by atoms with Crippen LogP contribution in [0.2, 0.25) is 19.6 Å². The van der Waals surface area contributed by atoms with Crippen LogP contribution in [0.1, 0.15) is 0 Å². The predicted molar refractivity (Wildman–Crippen MR) is 82.3 cm³/mol. The minimum Gasteiger partial charge on any atom is -0.0656 e. The van der Waals surface area contributed by atoms with E-state index in [2.05, 4.69) is 81.8 Å². The maximum atomic E-state index is 3.69. The van der Waals surface area contributed by atoms with Crippen molar-refractivity contribution in [1.29, 1.82) is 0 Å². The molecule has 0 amide bonds. The van der Waals surface area contributed by atoms with Crippen LogP contribution in [-0.4, -0.2) is 8.07 Å². The zero-order valence-electron chi connectivity index (χ0n) is 9.64. The summed E-state index contributed by atoms with van der Waals surface area (Å²) < 4.78 is 2.39. The van der Waals surface area contributed by atoms with Gasteiger partial charge in [0.2, 0.25) is 0 Å². The van der Waals surface area contributed by atoms with Crippen molar-refractivity contribution < 1.29 is 0 Å². The Morgan fingerprint density at radius 3 is 2.19 bits per heavy atom. The molecule has 0 nitrogen and oxygen atoms in total. The number of fused-ring (bicyclic) bond motifs is 1. The zero-order valence-corrected chi connectivity index (χ0v) is 13.8. The number of benzene rings is 2. The molecule has 0 fully saturated rings. The molecule has 2 rings (SSSR count). The Morgan fingerprint density at radius 2 is 1.56 bits per heavy atom. The largest absolute Gasteiger partial charge is 0.0791 e. The second-order valence-corrected chi connectivity index (χ2v) is 11.9. The monoisotopic (exact) mass is 356 g/mol. The van der Waals surface area contributed by atoms with E-state index in [0.29, 0.717) is 0 Å². The van der Waals surface area contributed by atoms with E-state index in [1.807, 2.05) is 0 Å². The standard InChI is InChI=1S/C13H14Br2Si/c1-16(2,3)13-8-10-6-11(14)5-4-9(10)7-12(13)15/h4-8H,1-3H3. The lowest BCUT2D eigenvalue weighted by Gasteiger charge is -2.19. The SMILES string of the molecule is C[Si](C)(C)c1cc2cc(Br)ccc2cc1Br. The van der Waals surface area contributed by atoms with Crippen LogP contribution in [0.5, 0.6) is 0 Å². The van der Waals surface area contributed by atoms with Gasteiger partial charge >= 0.3 is 0 Å². The van der Waals surface area contributed by atoms with Crippen molar-refractivity contribution in [2.45, 2.75) is 19.6 Å². The fraction of sp³-hybridized carbons (Fsp3) is 0.231. The van der Waals surface area contributed by atoms with Crippen molar-refractivity contribution in [2.24, 2.45) is 0 Å². The molecule has 0 unspecified atom stereocenters. The summed E-state index contributed by atoms with van der Waals surface area (Å²) in [5.41, 5.74) is 0. The Labute approximate surface area is 114 Å². The third kappa shape index (κ3) is 2.41. The Kier molecular flexibility index (Phi) is 3.30. The second-order valence-electron chi connectivity index (χ2n) is 5.07. The number of hydrogen-bond acceptors (Lipinski definition) is 0. The summed E-state index contributed by atoms with van der Waals surface area (Å²) in [5.74, 6) is 0. The highest BCUT2D eigenvalue weighted by molar-refractivity contribution is 9.11. The molecule has 0 saturated carbocycles. The van der Waals surface area contributed by atoms with E-state index in [4.69, 9.17) is 0 Å². The first-order valence-electron chi connectivity index (χ1n) is 5.27. The molecule has 0 N–H and O–H groups in total. The first-order chi connectivity index (χ1) is 7.38. The molecule has 0 bridgehead atoms. The van der Waals surface area contributed by atoms with Crippen LogP contribution in [0, 0.1) is 0 Å². The van der Waals surface area contributed by atoms with E-state index in [1.54, 1.807) is 0 Å². The van der Waals surface area contributed by atoms with Crippen molar-refractivity contribution in [3.05, 3.63) is 39.3 Å². The van der Waals surface area contributed by atoms with Gasteiger partial charge in [-0.15, -0.1) is 0 Å². The Morgan fingerprint density at radius 1 is 0.875 bits per heavy atom. The average molecular weight is 358 g/mol. The number of rotatable bonds is 1. The lowest BCUT2D eigenvalue weighted by Crippen LogP contribution is -2.38. The molecule has 0 radical (unpaired) electrons. The Balaban J connectivity index is 2.74. The van der Waals surface area contributed by atoms with Gasteiger partial charge < -0.3 is 0 Å². The molecule has 0 heterocycles. The molecule has 3 heteroatoms. The van der Waals surface area contributed by atoms with E-state index >= 15 is 0 Å². The zero-order chi connectivity index (χ0) is 11.9. The maximum Gasteiger partial charge on any atom is 0.0791 e. The molecular weight excluding hydrogens is 344 g/mol. The van der Waals surface area contributed by atoms with Gasteiger partial charge in [-0.1, -0.05) is 63.6 Å². The highest BCUT2D eigenvalue weighted by atomic mass is 79.9. The molecule has 16 heavy (non-hydrogen) atoms. The summed E-state index contributed by atoms with van der Waals surface area (Å²) in [7, 11) is -1.27. The van der Waals surface area contributed by atoms with Crippen molar-refractivity contribution in [2.75, 3.05) is 0 Å².